The SMILES string of the molecule is CCC(CCN)CNC(=O)c1c(F)c(F)c(F)c(F)c1F. The highest BCUT2D eigenvalue weighted by molar-refractivity contribution is 5.94. The summed E-state index contributed by atoms with van der Waals surface area (Å²) in [5, 5.41) is 2.16. The monoisotopic (exact) mass is 310 g/mol. The normalized spacial score (nSPS) is 12.3. The third-order valence-electron chi connectivity index (χ3n) is 3.14. The first-order valence-corrected chi connectivity index (χ1v) is 6.34. The largest absolute Gasteiger partial charge is 0.352 e. The summed E-state index contributed by atoms with van der Waals surface area (Å²) in [6.07, 6.45) is 1.21. The highest BCUT2D eigenvalue weighted by atomic mass is 19.2. The second-order valence-electron chi connectivity index (χ2n) is 4.51. The van der Waals surface area contributed by atoms with Crippen LogP contribution in [0.3, 0.4) is 0 Å². The van der Waals surface area contributed by atoms with Crippen LogP contribution in [0.25, 0.3) is 0 Å². The summed E-state index contributed by atoms with van der Waals surface area (Å²) < 4.78 is 65.7. The highest BCUT2D eigenvalue weighted by Crippen LogP contribution is 2.23. The molecule has 3 nitrogen and oxygen atoms in total. The van der Waals surface area contributed by atoms with E-state index >= 15 is 0 Å². The molecule has 1 aromatic rings. The molecule has 1 atom stereocenters. The Balaban J connectivity index is 2.98. The van der Waals surface area contributed by atoms with Crippen molar-refractivity contribution in [2.24, 2.45) is 11.7 Å². The zero-order valence-corrected chi connectivity index (χ0v) is 11.3. The zero-order valence-electron chi connectivity index (χ0n) is 11.3. The summed E-state index contributed by atoms with van der Waals surface area (Å²) in [5.41, 5.74) is 3.88. The predicted octanol–water partition coefficient (Wildman–Crippen LogP) is 2.49. The highest BCUT2D eigenvalue weighted by Gasteiger charge is 2.29. The third-order valence-corrected chi connectivity index (χ3v) is 3.14. The molecule has 0 aliphatic carbocycles. The van der Waals surface area contributed by atoms with E-state index in [-0.39, 0.29) is 12.5 Å². The Hall–Kier alpha value is -1.70. The number of nitrogens with one attached hydrogen (secondary N) is 1. The maximum absolute atomic E-state index is 13.4. The number of amides is 1. The fraction of sp³-hybridized carbons (Fsp3) is 0.462. The Labute approximate surface area is 118 Å². The zero-order chi connectivity index (χ0) is 16.2. The van der Waals surface area contributed by atoms with Gasteiger partial charge in [-0.05, 0) is 18.9 Å². The van der Waals surface area contributed by atoms with Crippen molar-refractivity contribution in [3.05, 3.63) is 34.6 Å². The van der Waals surface area contributed by atoms with Crippen molar-refractivity contribution in [2.45, 2.75) is 19.8 Å². The van der Waals surface area contributed by atoms with Crippen LogP contribution in [-0.4, -0.2) is 19.0 Å². The average molecular weight is 310 g/mol. The minimum absolute atomic E-state index is 0.0338. The molecule has 0 aromatic heterocycles. The predicted molar refractivity (Wildman–Crippen MR) is 66.0 cm³/mol. The van der Waals surface area contributed by atoms with Crippen LogP contribution in [0.5, 0.6) is 0 Å². The number of hydrogen-bond donors (Lipinski definition) is 2. The van der Waals surface area contributed by atoms with Gasteiger partial charge in [0, 0.05) is 6.54 Å². The van der Waals surface area contributed by atoms with E-state index in [2.05, 4.69) is 5.32 Å². The van der Waals surface area contributed by atoms with E-state index < -0.39 is 40.6 Å². The minimum atomic E-state index is -2.30. The fourth-order valence-corrected chi connectivity index (χ4v) is 1.82. The molecule has 0 saturated heterocycles. The van der Waals surface area contributed by atoms with Crippen LogP contribution in [0.2, 0.25) is 0 Å². The van der Waals surface area contributed by atoms with Gasteiger partial charge in [0.05, 0.1) is 0 Å². The Morgan fingerprint density at radius 1 is 1.05 bits per heavy atom. The number of benzene rings is 1. The van der Waals surface area contributed by atoms with Gasteiger partial charge in [0.25, 0.3) is 5.91 Å². The second kappa shape index (κ2) is 7.35. The Kier molecular flexibility index (Phi) is 6.07. The van der Waals surface area contributed by atoms with Crippen LogP contribution < -0.4 is 11.1 Å². The quantitative estimate of drug-likeness (QED) is 0.482. The van der Waals surface area contributed by atoms with E-state index in [1.54, 1.807) is 0 Å². The molecule has 0 spiro atoms. The van der Waals surface area contributed by atoms with Crippen molar-refractivity contribution in [1.82, 2.24) is 5.32 Å². The van der Waals surface area contributed by atoms with Gasteiger partial charge in [-0.15, -0.1) is 0 Å². The van der Waals surface area contributed by atoms with Crippen molar-refractivity contribution in [1.29, 1.82) is 0 Å². The van der Waals surface area contributed by atoms with Crippen LogP contribution in [0.15, 0.2) is 0 Å². The number of halogens is 5. The van der Waals surface area contributed by atoms with Crippen LogP contribution in [0.1, 0.15) is 30.1 Å². The van der Waals surface area contributed by atoms with Gasteiger partial charge in [-0.25, -0.2) is 22.0 Å². The molecule has 0 aliphatic heterocycles. The van der Waals surface area contributed by atoms with Crippen molar-refractivity contribution < 1.29 is 26.7 Å². The molecule has 1 aromatic carbocycles. The summed E-state index contributed by atoms with van der Waals surface area (Å²) in [6.45, 7) is 2.22. The summed E-state index contributed by atoms with van der Waals surface area (Å²) in [7, 11) is 0. The van der Waals surface area contributed by atoms with Crippen molar-refractivity contribution in [3.8, 4) is 0 Å². The fourth-order valence-electron chi connectivity index (χ4n) is 1.82. The lowest BCUT2D eigenvalue weighted by molar-refractivity contribution is 0.0934. The van der Waals surface area contributed by atoms with Gasteiger partial charge in [-0.1, -0.05) is 13.3 Å². The van der Waals surface area contributed by atoms with Crippen molar-refractivity contribution >= 4 is 5.91 Å². The molecule has 118 valence electrons. The van der Waals surface area contributed by atoms with E-state index in [1.165, 1.54) is 0 Å². The first-order chi connectivity index (χ1) is 9.84. The maximum atomic E-state index is 13.4. The lowest BCUT2D eigenvalue weighted by Crippen LogP contribution is -2.32. The Bertz CT molecular complexity index is 507. The van der Waals surface area contributed by atoms with E-state index in [4.69, 9.17) is 5.73 Å². The average Bonchev–Trinajstić information content (AvgIpc) is 2.47. The van der Waals surface area contributed by atoms with Gasteiger partial charge in [0.2, 0.25) is 5.82 Å². The molecule has 0 fully saturated rings. The molecule has 0 saturated carbocycles. The van der Waals surface area contributed by atoms with Gasteiger partial charge in [-0.2, -0.15) is 0 Å². The number of carbonyl (C=O) groups is 1. The van der Waals surface area contributed by atoms with Crippen LogP contribution in [-0.2, 0) is 0 Å². The summed E-state index contributed by atoms with van der Waals surface area (Å²) >= 11 is 0. The number of carbonyl (C=O) groups excluding carboxylic acids is 1. The molecule has 21 heavy (non-hydrogen) atoms. The summed E-state index contributed by atoms with van der Waals surface area (Å²) in [4.78, 5) is 11.6. The Morgan fingerprint density at radius 3 is 1.95 bits per heavy atom. The van der Waals surface area contributed by atoms with Gasteiger partial charge >= 0.3 is 0 Å². The molecule has 0 aliphatic rings. The van der Waals surface area contributed by atoms with Crippen LogP contribution >= 0.6 is 0 Å². The third kappa shape index (κ3) is 3.69. The molecule has 0 bridgehead atoms. The standard InChI is InChI=1S/C13H15F5N2O/c1-2-6(3-4-19)5-20-13(21)7-8(14)10(16)12(18)11(17)9(7)15/h6H,2-5,19H2,1H3,(H,20,21). The molecule has 1 rings (SSSR count). The molecule has 0 heterocycles. The van der Waals surface area contributed by atoms with E-state index in [9.17, 15) is 26.7 Å². The molecular weight excluding hydrogens is 295 g/mol. The lowest BCUT2D eigenvalue weighted by atomic mass is 10.0. The second-order valence-corrected chi connectivity index (χ2v) is 4.51. The first-order valence-electron chi connectivity index (χ1n) is 6.34. The minimum Gasteiger partial charge on any atom is -0.352 e. The van der Waals surface area contributed by atoms with Crippen molar-refractivity contribution in [3.63, 3.8) is 0 Å². The number of nitrogens with two attached hydrogens (primary N) is 1. The summed E-state index contributed by atoms with van der Waals surface area (Å²) in [6, 6.07) is 0. The van der Waals surface area contributed by atoms with E-state index in [0.717, 1.165) is 0 Å². The first kappa shape index (κ1) is 17.4. The van der Waals surface area contributed by atoms with Crippen LogP contribution in [0, 0.1) is 35.0 Å². The number of rotatable bonds is 6. The smallest absolute Gasteiger partial charge is 0.257 e. The topological polar surface area (TPSA) is 55.1 Å². The number of hydrogen-bond acceptors (Lipinski definition) is 2. The molecule has 1 amide bonds. The molecule has 1 unspecified atom stereocenters. The van der Waals surface area contributed by atoms with E-state index in [1.807, 2.05) is 6.92 Å². The Morgan fingerprint density at radius 2 is 1.52 bits per heavy atom. The van der Waals surface area contributed by atoms with Gasteiger partial charge in [0.15, 0.2) is 23.3 Å². The van der Waals surface area contributed by atoms with Crippen LogP contribution in [0.4, 0.5) is 22.0 Å². The molecular formula is C13H15F5N2O. The molecule has 3 N–H and O–H groups in total. The summed E-state index contributed by atoms with van der Waals surface area (Å²) in [5.74, 6) is -12.3. The van der Waals surface area contributed by atoms with Crippen molar-refractivity contribution in [2.75, 3.05) is 13.1 Å². The van der Waals surface area contributed by atoms with E-state index in [0.29, 0.717) is 19.4 Å². The van der Waals surface area contributed by atoms with Gasteiger partial charge in [-0.3, -0.25) is 4.79 Å². The maximum Gasteiger partial charge on any atom is 0.257 e. The van der Waals surface area contributed by atoms with Gasteiger partial charge < -0.3 is 11.1 Å². The lowest BCUT2D eigenvalue weighted by Gasteiger charge is -2.15. The van der Waals surface area contributed by atoms with Gasteiger partial charge in [0.1, 0.15) is 5.56 Å². The molecule has 0 radical (unpaired) electrons. The molecule has 8 heteroatoms.